The smallest absolute Gasteiger partial charge is 0.271 e. The van der Waals surface area contributed by atoms with Gasteiger partial charge in [-0.05, 0) is 29.8 Å². The van der Waals surface area contributed by atoms with Crippen molar-refractivity contribution in [1.82, 2.24) is 10.3 Å². The van der Waals surface area contributed by atoms with Crippen LogP contribution in [0.15, 0.2) is 47.8 Å². The van der Waals surface area contributed by atoms with Crippen molar-refractivity contribution >= 4 is 17.2 Å². The summed E-state index contributed by atoms with van der Waals surface area (Å²) in [7, 11) is 3.12. The first kappa shape index (κ1) is 17.9. The summed E-state index contributed by atoms with van der Waals surface area (Å²) in [6.45, 7) is 0.311. The molecule has 0 saturated heterocycles. The van der Waals surface area contributed by atoms with Crippen molar-refractivity contribution in [3.8, 4) is 22.1 Å². The highest BCUT2D eigenvalue weighted by Gasteiger charge is 2.14. The fourth-order valence-electron chi connectivity index (χ4n) is 2.40. The Morgan fingerprint density at radius 1 is 1.15 bits per heavy atom. The van der Waals surface area contributed by atoms with Gasteiger partial charge in [-0.2, -0.15) is 0 Å². The summed E-state index contributed by atoms with van der Waals surface area (Å²) >= 11 is 1.23. The minimum absolute atomic E-state index is 0.258. The van der Waals surface area contributed by atoms with Crippen molar-refractivity contribution in [2.24, 2.45) is 0 Å². The molecule has 0 spiro atoms. The topological polar surface area (TPSA) is 60.5 Å². The molecule has 0 atom stereocenters. The van der Waals surface area contributed by atoms with Crippen LogP contribution in [0, 0.1) is 5.82 Å². The molecule has 0 aliphatic heterocycles. The molecule has 0 radical (unpaired) electrons. The lowest BCUT2D eigenvalue weighted by atomic mass is 10.2. The summed E-state index contributed by atoms with van der Waals surface area (Å²) in [6.07, 6.45) is 0. The maximum atomic E-state index is 13.8. The number of hydrogen-bond acceptors (Lipinski definition) is 5. The van der Waals surface area contributed by atoms with Gasteiger partial charge in [-0.25, -0.2) is 9.37 Å². The van der Waals surface area contributed by atoms with Gasteiger partial charge in [-0.3, -0.25) is 4.79 Å². The zero-order valence-electron chi connectivity index (χ0n) is 14.3. The molecule has 1 heterocycles. The number of carbonyl (C=O) groups excluding carboxylic acids is 1. The first-order valence-corrected chi connectivity index (χ1v) is 8.70. The second-order valence-electron chi connectivity index (χ2n) is 5.39. The molecule has 0 aliphatic carbocycles. The van der Waals surface area contributed by atoms with E-state index in [4.69, 9.17) is 9.47 Å². The van der Waals surface area contributed by atoms with Gasteiger partial charge in [0.25, 0.3) is 5.91 Å². The van der Waals surface area contributed by atoms with Crippen LogP contribution in [0.5, 0.6) is 11.5 Å². The number of rotatable bonds is 6. The van der Waals surface area contributed by atoms with Crippen LogP contribution >= 0.6 is 11.3 Å². The third-order valence-electron chi connectivity index (χ3n) is 3.74. The molecule has 2 aromatic carbocycles. The minimum Gasteiger partial charge on any atom is -0.493 e. The highest BCUT2D eigenvalue weighted by Crippen LogP contribution is 2.28. The van der Waals surface area contributed by atoms with E-state index in [0.29, 0.717) is 28.6 Å². The van der Waals surface area contributed by atoms with Crippen molar-refractivity contribution in [3.05, 3.63) is 64.9 Å². The summed E-state index contributed by atoms with van der Waals surface area (Å²) in [5.41, 5.74) is 1.51. The largest absolute Gasteiger partial charge is 0.493 e. The summed E-state index contributed by atoms with van der Waals surface area (Å²) in [5, 5.41) is 4.89. The Labute approximate surface area is 154 Å². The third kappa shape index (κ3) is 3.83. The molecule has 0 aliphatic rings. The van der Waals surface area contributed by atoms with E-state index in [1.54, 1.807) is 49.9 Å². The van der Waals surface area contributed by atoms with Gasteiger partial charge in [-0.1, -0.05) is 18.2 Å². The van der Waals surface area contributed by atoms with Crippen molar-refractivity contribution in [2.75, 3.05) is 14.2 Å². The van der Waals surface area contributed by atoms with Gasteiger partial charge >= 0.3 is 0 Å². The first-order valence-electron chi connectivity index (χ1n) is 7.82. The van der Waals surface area contributed by atoms with Crippen molar-refractivity contribution in [2.45, 2.75) is 6.54 Å². The summed E-state index contributed by atoms with van der Waals surface area (Å²) in [6, 6.07) is 11.8. The molecular weight excluding hydrogens is 355 g/mol. The Morgan fingerprint density at radius 3 is 2.65 bits per heavy atom. The molecule has 3 aromatic rings. The van der Waals surface area contributed by atoms with Gasteiger partial charge in [0.2, 0.25) is 0 Å². The monoisotopic (exact) mass is 372 g/mol. The van der Waals surface area contributed by atoms with Crippen LogP contribution in [0.2, 0.25) is 0 Å². The lowest BCUT2D eigenvalue weighted by molar-refractivity contribution is 0.0946. The highest BCUT2D eigenvalue weighted by molar-refractivity contribution is 7.13. The van der Waals surface area contributed by atoms with Crippen LogP contribution in [-0.2, 0) is 6.54 Å². The van der Waals surface area contributed by atoms with Gasteiger partial charge in [0.1, 0.15) is 16.5 Å². The number of halogens is 1. The van der Waals surface area contributed by atoms with Crippen LogP contribution in [0.3, 0.4) is 0 Å². The molecular formula is C19H17FN2O3S. The van der Waals surface area contributed by atoms with Gasteiger partial charge in [0, 0.05) is 17.5 Å². The molecule has 7 heteroatoms. The minimum atomic E-state index is -0.362. The van der Waals surface area contributed by atoms with Crippen LogP contribution in [-0.4, -0.2) is 25.1 Å². The van der Waals surface area contributed by atoms with E-state index in [9.17, 15) is 9.18 Å². The third-order valence-corrected chi connectivity index (χ3v) is 4.62. The first-order chi connectivity index (χ1) is 12.6. The fraction of sp³-hybridized carbons (Fsp3) is 0.158. The molecule has 1 aromatic heterocycles. The zero-order chi connectivity index (χ0) is 18.5. The van der Waals surface area contributed by atoms with Crippen LogP contribution in [0.1, 0.15) is 16.1 Å². The van der Waals surface area contributed by atoms with Gasteiger partial charge in [-0.15, -0.1) is 11.3 Å². The molecule has 1 N–H and O–H groups in total. The summed E-state index contributed by atoms with van der Waals surface area (Å²) in [4.78, 5) is 16.5. The fourth-order valence-corrected chi connectivity index (χ4v) is 3.23. The number of ether oxygens (including phenoxy) is 2. The Balaban J connectivity index is 1.69. The Hall–Kier alpha value is -2.93. The van der Waals surface area contributed by atoms with Crippen molar-refractivity contribution in [3.63, 3.8) is 0 Å². The van der Waals surface area contributed by atoms with E-state index in [0.717, 1.165) is 5.56 Å². The molecule has 1 amide bonds. The van der Waals surface area contributed by atoms with Gasteiger partial charge in [0.15, 0.2) is 11.5 Å². The number of amides is 1. The number of thiazole rings is 1. The average molecular weight is 372 g/mol. The number of benzene rings is 2. The number of methoxy groups -OCH3 is 2. The quantitative estimate of drug-likeness (QED) is 0.713. The zero-order valence-corrected chi connectivity index (χ0v) is 15.1. The second kappa shape index (κ2) is 7.97. The molecule has 0 bridgehead atoms. The predicted molar refractivity (Wildman–Crippen MR) is 98.2 cm³/mol. The van der Waals surface area contributed by atoms with Crippen LogP contribution < -0.4 is 14.8 Å². The van der Waals surface area contributed by atoms with E-state index in [1.807, 2.05) is 6.07 Å². The number of hydrogen-bond donors (Lipinski definition) is 1. The molecule has 134 valence electrons. The molecule has 0 saturated carbocycles. The number of aromatic nitrogens is 1. The number of nitrogens with zero attached hydrogens (tertiary/aromatic N) is 1. The molecule has 3 rings (SSSR count). The highest BCUT2D eigenvalue weighted by atomic mass is 32.1. The van der Waals surface area contributed by atoms with Crippen molar-refractivity contribution in [1.29, 1.82) is 0 Å². The number of carbonyl (C=O) groups is 1. The van der Waals surface area contributed by atoms with E-state index >= 15 is 0 Å². The van der Waals surface area contributed by atoms with E-state index in [1.165, 1.54) is 17.4 Å². The molecule has 5 nitrogen and oxygen atoms in total. The van der Waals surface area contributed by atoms with Crippen molar-refractivity contribution < 1.29 is 18.7 Å². The average Bonchev–Trinajstić information content (AvgIpc) is 3.16. The maximum Gasteiger partial charge on any atom is 0.271 e. The van der Waals surface area contributed by atoms with E-state index in [2.05, 4.69) is 10.3 Å². The summed E-state index contributed by atoms with van der Waals surface area (Å²) < 4.78 is 24.3. The normalized spacial score (nSPS) is 10.4. The molecule has 0 fully saturated rings. The van der Waals surface area contributed by atoms with Crippen LogP contribution in [0.4, 0.5) is 4.39 Å². The second-order valence-corrected chi connectivity index (χ2v) is 6.25. The summed E-state index contributed by atoms with van der Waals surface area (Å²) in [5.74, 6) is 0.532. The standard InChI is InChI=1S/C19H17FN2O3S/c1-24-16-8-7-12(9-17(16)25-2)10-21-18(23)15-11-26-19(22-15)13-5-3-4-6-14(13)20/h3-9,11H,10H2,1-2H3,(H,21,23). The predicted octanol–water partition coefficient (Wildman–Crippen LogP) is 3.90. The van der Waals surface area contributed by atoms with E-state index < -0.39 is 0 Å². The lowest BCUT2D eigenvalue weighted by Gasteiger charge is -2.10. The Kier molecular flexibility index (Phi) is 5.48. The van der Waals surface area contributed by atoms with Gasteiger partial charge in [0.05, 0.1) is 14.2 Å². The lowest BCUT2D eigenvalue weighted by Crippen LogP contribution is -2.23. The van der Waals surface area contributed by atoms with Gasteiger partial charge < -0.3 is 14.8 Å². The molecule has 26 heavy (non-hydrogen) atoms. The number of nitrogens with one attached hydrogen (secondary N) is 1. The SMILES string of the molecule is COc1ccc(CNC(=O)c2csc(-c3ccccc3F)n2)cc1OC. The maximum absolute atomic E-state index is 13.8. The molecule has 0 unspecified atom stereocenters. The Bertz CT molecular complexity index is 927. The Morgan fingerprint density at radius 2 is 1.92 bits per heavy atom. The van der Waals surface area contributed by atoms with E-state index in [-0.39, 0.29) is 17.4 Å². The van der Waals surface area contributed by atoms with Crippen LogP contribution in [0.25, 0.3) is 10.6 Å².